The lowest BCUT2D eigenvalue weighted by Crippen LogP contribution is -2.45. The summed E-state index contributed by atoms with van der Waals surface area (Å²) in [6, 6.07) is 12.5. The molecule has 3 rings (SSSR count). The van der Waals surface area contributed by atoms with E-state index in [-0.39, 0.29) is 12.8 Å². The number of carboxylic acids is 1. The van der Waals surface area contributed by atoms with Crippen LogP contribution in [0.15, 0.2) is 52.7 Å². The standard InChI is InChI=1S/C17H16N4O3/c18-15(22)7-8-17(19,16(23)24)11-3-1-10(2-4-11)13-6-5-12-9-14(13)21-20-12/h1-6,9H,7-8,19H2,(H2,18,22)(H,23,24). The van der Waals surface area contributed by atoms with Gasteiger partial charge in [0, 0.05) is 12.0 Å². The number of rotatable bonds is 6. The molecule has 1 atom stereocenters. The molecule has 1 unspecified atom stereocenters. The van der Waals surface area contributed by atoms with E-state index in [1.165, 1.54) is 0 Å². The number of carbonyl (C=O) groups excluding carboxylic acids is 1. The SMILES string of the molecule is NC(=O)CCC(N)(C(=O)O)c1ccc(-c2ccc3cc2N=N3)cc1. The summed E-state index contributed by atoms with van der Waals surface area (Å²) in [5, 5.41) is 17.5. The van der Waals surface area contributed by atoms with Gasteiger partial charge >= 0.3 is 5.97 Å². The lowest BCUT2D eigenvalue weighted by atomic mass is 9.85. The number of carboxylic acid groups (broad SMARTS) is 1. The van der Waals surface area contributed by atoms with Crippen molar-refractivity contribution in [3.63, 3.8) is 0 Å². The van der Waals surface area contributed by atoms with Crippen LogP contribution in [0.3, 0.4) is 0 Å². The Bertz CT molecular complexity index is 845. The number of primary amides is 1. The fraction of sp³-hybridized carbons (Fsp3) is 0.176. The fourth-order valence-electron chi connectivity index (χ4n) is 2.66. The van der Waals surface area contributed by atoms with Crippen molar-refractivity contribution in [2.75, 3.05) is 0 Å². The van der Waals surface area contributed by atoms with E-state index in [2.05, 4.69) is 10.2 Å². The van der Waals surface area contributed by atoms with Gasteiger partial charge in [-0.3, -0.25) is 4.79 Å². The van der Waals surface area contributed by atoms with Crippen LogP contribution in [0.1, 0.15) is 18.4 Å². The predicted molar refractivity (Wildman–Crippen MR) is 88.0 cm³/mol. The van der Waals surface area contributed by atoms with E-state index in [1.54, 1.807) is 24.3 Å². The largest absolute Gasteiger partial charge is 0.480 e. The van der Waals surface area contributed by atoms with E-state index >= 15 is 0 Å². The summed E-state index contributed by atoms with van der Waals surface area (Å²) in [7, 11) is 0. The van der Waals surface area contributed by atoms with Crippen LogP contribution in [0.5, 0.6) is 0 Å². The number of fused-ring (bicyclic) bond motifs is 2. The van der Waals surface area contributed by atoms with Crippen LogP contribution < -0.4 is 11.5 Å². The first-order valence-corrected chi connectivity index (χ1v) is 7.37. The van der Waals surface area contributed by atoms with Crippen LogP contribution in [0.25, 0.3) is 11.1 Å². The molecule has 0 aliphatic carbocycles. The van der Waals surface area contributed by atoms with Crippen molar-refractivity contribution in [2.24, 2.45) is 21.7 Å². The Kier molecular flexibility index (Phi) is 3.86. The third-order valence-corrected chi connectivity index (χ3v) is 4.11. The van der Waals surface area contributed by atoms with Crippen molar-refractivity contribution in [2.45, 2.75) is 18.4 Å². The van der Waals surface area contributed by atoms with Gasteiger partial charge in [-0.2, -0.15) is 5.11 Å². The van der Waals surface area contributed by atoms with E-state index in [1.807, 2.05) is 18.2 Å². The molecular formula is C17H16N4O3. The molecule has 0 spiro atoms. The van der Waals surface area contributed by atoms with Gasteiger partial charge in [0.2, 0.25) is 5.91 Å². The number of aliphatic carboxylic acids is 1. The second kappa shape index (κ2) is 5.86. The maximum atomic E-state index is 11.6. The Hall–Kier alpha value is -3.06. The topological polar surface area (TPSA) is 131 Å². The molecular weight excluding hydrogens is 308 g/mol. The van der Waals surface area contributed by atoms with E-state index in [9.17, 15) is 14.7 Å². The Labute approximate surface area is 138 Å². The first kappa shape index (κ1) is 15.8. The van der Waals surface area contributed by atoms with Gasteiger partial charge in [0.1, 0.15) is 5.54 Å². The normalized spacial score (nSPS) is 14.4. The van der Waals surface area contributed by atoms with Gasteiger partial charge in [-0.15, -0.1) is 5.11 Å². The summed E-state index contributed by atoms with van der Waals surface area (Å²) < 4.78 is 0. The number of nitrogens with zero attached hydrogens (tertiary/aromatic N) is 2. The minimum Gasteiger partial charge on any atom is -0.480 e. The number of amides is 1. The highest BCUT2D eigenvalue weighted by Crippen LogP contribution is 2.39. The van der Waals surface area contributed by atoms with E-state index in [4.69, 9.17) is 11.5 Å². The molecule has 122 valence electrons. The molecule has 0 fully saturated rings. The van der Waals surface area contributed by atoms with Gasteiger partial charge < -0.3 is 16.6 Å². The lowest BCUT2D eigenvalue weighted by Gasteiger charge is -2.25. The summed E-state index contributed by atoms with van der Waals surface area (Å²) >= 11 is 0. The quantitative estimate of drug-likeness (QED) is 0.643. The number of hydrogen-bond donors (Lipinski definition) is 3. The van der Waals surface area contributed by atoms with Crippen molar-refractivity contribution in [1.82, 2.24) is 0 Å². The molecule has 24 heavy (non-hydrogen) atoms. The molecule has 0 saturated carbocycles. The third kappa shape index (κ3) is 2.77. The van der Waals surface area contributed by atoms with Crippen molar-refractivity contribution < 1.29 is 14.7 Å². The summed E-state index contributed by atoms with van der Waals surface area (Å²) in [5.41, 5.74) is 13.2. The zero-order chi connectivity index (χ0) is 17.3. The average Bonchev–Trinajstić information content (AvgIpc) is 2.94. The average molecular weight is 324 g/mol. The zero-order valence-corrected chi connectivity index (χ0v) is 12.8. The van der Waals surface area contributed by atoms with E-state index in [0.717, 1.165) is 22.5 Å². The van der Waals surface area contributed by atoms with Crippen LogP contribution in [0.2, 0.25) is 0 Å². The van der Waals surface area contributed by atoms with Gasteiger partial charge in [0.15, 0.2) is 0 Å². The number of nitrogens with two attached hydrogens (primary N) is 2. The highest BCUT2D eigenvalue weighted by atomic mass is 16.4. The highest BCUT2D eigenvalue weighted by Gasteiger charge is 2.36. The maximum absolute atomic E-state index is 11.6. The Balaban J connectivity index is 1.92. The zero-order valence-electron chi connectivity index (χ0n) is 12.8. The van der Waals surface area contributed by atoms with Crippen molar-refractivity contribution in [3.8, 4) is 11.1 Å². The molecule has 1 aliphatic rings. The molecule has 7 nitrogen and oxygen atoms in total. The number of benzene rings is 2. The van der Waals surface area contributed by atoms with Gasteiger partial charge in [0.25, 0.3) is 0 Å². The van der Waals surface area contributed by atoms with Gasteiger partial charge in [-0.1, -0.05) is 24.3 Å². The van der Waals surface area contributed by atoms with E-state index < -0.39 is 17.4 Å². The minimum absolute atomic E-state index is 0.0643. The summed E-state index contributed by atoms with van der Waals surface area (Å²) in [6.45, 7) is 0. The van der Waals surface area contributed by atoms with Crippen molar-refractivity contribution >= 4 is 23.3 Å². The molecule has 2 aromatic carbocycles. The van der Waals surface area contributed by atoms with Gasteiger partial charge in [0.05, 0.1) is 11.4 Å². The Morgan fingerprint density at radius 2 is 1.79 bits per heavy atom. The Morgan fingerprint density at radius 3 is 2.42 bits per heavy atom. The molecule has 0 saturated heterocycles. The van der Waals surface area contributed by atoms with Crippen LogP contribution in [-0.4, -0.2) is 17.0 Å². The first-order chi connectivity index (χ1) is 11.4. The number of azo groups is 1. The van der Waals surface area contributed by atoms with Crippen molar-refractivity contribution in [3.05, 3.63) is 48.0 Å². The summed E-state index contributed by atoms with van der Waals surface area (Å²) in [6.07, 6.45) is -0.165. The molecule has 5 N–H and O–H groups in total. The first-order valence-electron chi connectivity index (χ1n) is 7.37. The van der Waals surface area contributed by atoms with Gasteiger partial charge in [-0.25, -0.2) is 4.79 Å². The molecule has 0 aromatic heterocycles. The van der Waals surface area contributed by atoms with Crippen LogP contribution >= 0.6 is 0 Å². The number of hydrogen-bond acceptors (Lipinski definition) is 5. The van der Waals surface area contributed by atoms with Crippen molar-refractivity contribution in [1.29, 1.82) is 0 Å². The molecule has 7 heteroatoms. The smallest absolute Gasteiger partial charge is 0.328 e. The second-order valence-electron chi connectivity index (χ2n) is 5.72. The molecule has 1 heterocycles. The minimum atomic E-state index is -1.66. The predicted octanol–water partition coefficient (Wildman–Crippen LogP) is 2.59. The lowest BCUT2D eigenvalue weighted by molar-refractivity contribution is -0.144. The van der Waals surface area contributed by atoms with Gasteiger partial charge in [-0.05, 0) is 35.7 Å². The second-order valence-corrected chi connectivity index (χ2v) is 5.72. The highest BCUT2D eigenvalue weighted by molar-refractivity contribution is 5.83. The number of carbonyl (C=O) groups is 2. The molecule has 2 aromatic rings. The molecule has 0 radical (unpaired) electrons. The molecule has 2 bridgehead atoms. The fourth-order valence-corrected chi connectivity index (χ4v) is 2.66. The third-order valence-electron chi connectivity index (χ3n) is 4.11. The summed E-state index contributed by atoms with van der Waals surface area (Å²) in [4.78, 5) is 22.6. The van der Waals surface area contributed by atoms with Crippen LogP contribution in [0.4, 0.5) is 11.4 Å². The van der Waals surface area contributed by atoms with Crippen LogP contribution in [-0.2, 0) is 15.1 Å². The summed E-state index contributed by atoms with van der Waals surface area (Å²) in [5.74, 6) is -1.79. The monoisotopic (exact) mass is 324 g/mol. The Morgan fingerprint density at radius 1 is 1.08 bits per heavy atom. The molecule has 1 aliphatic heterocycles. The molecule has 1 amide bonds. The van der Waals surface area contributed by atoms with Crippen LogP contribution in [0, 0.1) is 0 Å². The maximum Gasteiger partial charge on any atom is 0.328 e. The van der Waals surface area contributed by atoms with E-state index in [0.29, 0.717) is 5.56 Å².